The van der Waals surface area contributed by atoms with Crippen LogP contribution >= 0.6 is 0 Å². The molecular weight excluding hydrogens is 346 g/mol. The third-order valence-electron chi connectivity index (χ3n) is 5.15. The second-order valence-corrected chi connectivity index (χ2v) is 6.85. The summed E-state index contributed by atoms with van der Waals surface area (Å²) in [6.45, 7) is 0. The van der Waals surface area contributed by atoms with Crippen LogP contribution in [0.4, 0.5) is 0 Å². The van der Waals surface area contributed by atoms with Crippen LogP contribution in [-0.2, 0) is 0 Å². The molecule has 4 nitrogen and oxygen atoms in total. The van der Waals surface area contributed by atoms with Gasteiger partial charge in [-0.25, -0.2) is 4.98 Å². The van der Waals surface area contributed by atoms with E-state index in [9.17, 15) is 0 Å². The molecule has 1 N–H and O–H groups in total. The number of furan rings is 1. The second kappa shape index (κ2) is 5.79. The molecule has 6 rings (SSSR count). The Labute approximate surface area is 160 Å². The molecule has 0 aliphatic heterocycles. The van der Waals surface area contributed by atoms with Crippen LogP contribution in [0.15, 0.2) is 89.3 Å². The first kappa shape index (κ1) is 15.2. The van der Waals surface area contributed by atoms with Crippen LogP contribution in [0.5, 0.6) is 0 Å². The number of benzene rings is 4. The van der Waals surface area contributed by atoms with E-state index >= 15 is 0 Å². The molecule has 0 unspecified atom stereocenters. The molecule has 132 valence electrons. The summed E-state index contributed by atoms with van der Waals surface area (Å²) in [5.74, 6) is 1.41. The van der Waals surface area contributed by atoms with Gasteiger partial charge in [-0.1, -0.05) is 66.7 Å². The van der Waals surface area contributed by atoms with Gasteiger partial charge in [-0.3, -0.25) is 5.10 Å². The number of nitrogens with one attached hydrogen (secondary N) is 1. The van der Waals surface area contributed by atoms with Crippen LogP contribution in [0.3, 0.4) is 0 Å². The summed E-state index contributed by atoms with van der Waals surface area (Å²) < 4.78 is 6.15. The van der Waals surface area contributed by atoms with Crippen LogP contribution < -0.4 is 0 Å². The van der Waals surface area contributed by atoms with Gasteiger partial charge in [0.2, 0.25) is 0 Å². The average molecular weight is 361 g/mol. The molecule has 4 aromatic carbocycles. The van der Waals surface area contributed by atoms with Crippen LogP contribution in [-0.4, -0.2) is 15.2 Å². The van der Waals surface area contributed by atoms with Gasteiger partial charge in [0.15, 0.2) is 11.6 Å². The fraction of sp³-hybridized carbons (Fsp3) is 0. The number of hydrogen-bond acceptors (Lipinski definition) is 3. The average Bonchev–Trinajstić information content (AvgIpc) is 3.39. The molecule has 0 aliphatic rings. The highest BCUT2D eigenvalue weighted by molar-refractivity contribution is 6.19. The van der Waals surface area contributed by atoms with Crippen molar-refractivity contribution in [3.8, 4) is 22.8 Å². The number of rotatable bonds is 2. The highest BCUT2D eigenvalue weighted by atomic mass is 16.3. The highest BCUT2D eigenvalue weighted by Crippen LogP contribution is 2.36. The minimum Gasteiger partial charge on any atom is -0.456 e. The summed E-state index contributed by atoms with van der Waals surface area (Å²) in [6.07, 6.45) is 0. The van der Waals surface area contributed by atoms with Crippen molar-refractivity contribution >= 4 is 32.7 Å². The van der Waals surface area contributed by atoms with E-state index in [1.165, 1.54) is 10.8 Å². The Balaban J connectivity index is 1.52. The minimum absolute atomic E-state index is 0.658. The van der Waals surface area contributed by atoms with Gasteiger partial charge in [0, 0.05) is 21.9 Å². The van der Waals surface area contributed by atoms with Gasteiger partial charge in [-0.15, -0.1) is 0 Å². The smallest absolute Gasteiger partial charge is 0.181 e. The molecule has 0 spiro atoms. The lowest BCUT2D eigenvalue weighted by Crippen LogP contribution is -1.81. The zero-order valence-electron chi connectivity index (χ0n) is 14.9. The van der Waals surface area contributed by atoms with Crippen molar-refractivity contribution in [3.05, 3.63) is 84.9 Å². The van der Waals surface area contributed by atoms with Gasteiger partial charge >= 0.3 is 0 Å². The van der Waals surface area contributed by atoms with Crippen LogP contribution in [0, 0.1) is 0 Å². The van der Waals surface area contributed by atoms with Gasteiger partial charge in [-0.2, -0.15) is 5.10 Å². The van der Waals surface area contributed by atoms with E-state index < -0.39 is 0 Å². The standard InChI is InChI=1S/C24H15N3O/c1-2-7-16(8-3-1)23-25-24(27-26-23)17-10-12-19-21(14-17)28-20-13-11-15-6-4-5-9-18(15)22(19)20/h1-14H,(H,25,26,27). The largest absolute Gasteiger partial charge is 0.456 e. The molecule has 0 radical (unpaired) electrons. The first-order valence-corrected chi connectivity index (χ1v) is 9.19. The number of fused-ring (bicyclic) bond motifs is 5. The molecule has 28 heavy (non-hydrogen) atoms. The number of aromatic amines is 1. The lowest BCUT2D eigenvalue weighted by molar-refractivity contribution is 0.669. The Hall–Kier alpha value is -3.92. The van der Waals surface area contributed by atoms with Crippen LogP contribution in [0.1, 0.15) is 0 Å². The van der Waals surface area contributed by atoms with Gasteiger partial charge in [-0.05, 0) is 29.0 Å². The molecule has 0 saturated heterocycles. The minimum atomic E-state index is 0.658. The van der Waals surface area contributed by atoms with E-state index in [1.54, 1.807) is 0 Å². The zero-order valence-corrected chi connectivity index (χ0v) is 14.9. The van der Waals surface area contributed by atoms with Crippen molar-refractivity contribution in [2.75, 3.05) is 0 Å². The normalized spacial score (nSPS) is 11.6. The molecule has 0 fully saturated rings. The highest BCUT2D eigenvalue weighted by Gasteiger charge is 2.13. The van der Waals surface area contributed by atoms with Crippen LogP contribution in [0.2, 0.25) is 0 Å². The number of nitrogens with zero attached hydrogens (tertiary/aromatic N) is 2. The summed E-state index contributed by atoms with van der Waals surface area (Å²) in [4.78, 5) is 4.65. The first-order chi connectivity index (χ1) is 13.9. The Morgan fingerprint density at radius 2 is 1.54 bits per heavy atom. The molecule has 0 aliphatic carbocycles. The van der Waals surface area contributed by atoms with Crippen molar-refractivity contribution in [1.82, 2.24) is 15.2 Å². The third-order valence-corrected chi connectivity index (χ3v) is 5.15. The molecule has 0 amide bonds. The van der Waals surface area contributed by atoms with Crippen molar-refractivity contribution in [2.24, 2.45) is 0 Å². The lowest BCUT2D eigenvalue weighted by atomic mass is 10.0. The monoisotopic (exact) mass is 361 g/mol. The molecule has 6 aromatic rings. The van der Waals surface area contributed by atoms with E-state index in [4.69, 9.17) is 4.42 Å². The predicted molar refractivity (Wildman–Crippen MR) is 112 cm³/mol. The maximum Gasteiger partial charge on any atom is 0.181 e. The Morgan fingerprint density at radius 1 is 0.679 bits per heavy atom. The van der Waals surface area contributed by atoms with Gasteiger partial charge in [0.25, 0.3) is 0 Å². The molecule has 0 atom stereocenters. The van der Waals surface area contributed by atoms with Gasteiger partial charge in [0.1, 0.15) is 11.2 Å². The van der Waals surface area contributed by atoms with Crippen molar-refractivity contribution < 1.29 is 4.42 Å². The molecule has 0 saturated carbocycles. The van der Waals surface area contributed by atoms with Gasteiger partial charge < -0.3 is 4.42 Å². The summed E-state index contributed by atoms with van der Waals surface area (Å²) in [6, 6.07) is 28.7. The van der Waals surface area contributed by atoms with E-state index in [0.29, 0.717) is 5.82 Å². The third kappa shape index (κ3) is 2.25. The summed E-state index contributed by atoms with van der Waals surface area (Å²) in [7, 11) is 0. The fourth-order valence-electron chi connectivity index (χ4n) is 3.80. The maximum atomic E-state index is 6.15. The van der Waals surface area contributed by atoms with E-state index in [0.717, 1.165) is 38.9 Å². The maximum absolute atomic E-state index is 6.15. The van der Waals surface area contributed by atoms with E-state index in [1.807, 2.05) is 42.5 Å². The number of H-pyrrole nitrogens is 1. The Bertz CT molecular complexity index is 1460. The lowest BCUT2D eigenvalue weighted by Gasteiger charge is -1.99. The van der Waals surface area contributed by atoms with Crippen molar-refractivity contribution in [2.45, 2.75) is 0 Å². The number of hydrogen-bond donors (Lipinski definition) is 1. The molecular formula is C24H15N3O. The molecule has 0 bridgehead atoms. The topological polar surface area (TPSA) is 54.7 Å². The summed E-state index contributed by atoms with van der Waals surface area (Å²) >= 11 is 0. The summed E-state index contributed by atoms with van der Waals surface area (Å²) in [5, 5.41) is 12.1. The summed E-state index contributed by atoms with van der Waals surface area (Å²) in [5.41, 5.74) is 3.67. The van der Waals surface area contributed by atoms with Gasteiger partial charge in [0.05, 0.1) is 0 Å². The number of aromatic nitrogens is 3. The second-order valence-electron chi connectivity index (χ2n) is 6.85. The van der Waals surface area contributed by atoms with Crippen LogP contribution in [0.25, 0.3) is 55.5 Å². The Morgan fingerprint density at radius 3 is 2.46 bits per heavy atom. The SMILES string of the molecule is c1ccc(-c2nc(-c3ccc4c(c3)oc3ccc5ccccc5c34)n[nH]2)cc1. The fourth-order valence-corrected chi connectivity index (χ4v) is 3.80. The van der Waals surface area contributed by atoms with E-state index in [-0.39, 0.29) is 0 Å². The first-order valence-electron chi connectivity index (χ1n) is 9.19. The zero-order chi connectivity index (χ0) is 18.5. The molecule has 2 heterocycles. The van der Waals surface area contributed by atoms with E-state index in [2.05, 4.69) is 57.6 Å². The van der Waals surface area contributed by atoms with Crippen molar-refractivity contribution in [3.63, 3.8) is 0 Å². The quantitative estimate of drug-likeness (QED) is 0.400. The Kier molecular flexibility index (Phi) is 3.14. The molecule has 4 heteroatoms. The predicted octanol–water partition coefficient (Wildman–Crippen LogP) is 6.19. The molecule has 2 aromatic heterocycles. The van der Waals surface area contributed by atoms with Crippen molar-refractivity contribution in [1.29, 1.82) is 0 Å².